The van der Waals surface area contributed by atoms with Gasteiger partial charge in [0, 0.05) is 11.9 Å². The Labute approximate surface area is 116 Å². The number of imidazole rings is 1. The van der Waals surface area contributed by atoms with Gasteiger partial charge in [-0.2, -0.15) is 0 Å². The van der Waals surface area contributed by atoms with Crippen LogP contribution in [0.4, 0.5) is 0 Å². The lowest BCUT2D eigenvalue weighted by Gasteiger charge is -2.11. The molecule has 0 amide bonds. The first-order valence-electron chi connectivity index (χ1n) is 5.81. The van der Waals surface area contributed by atoms with E-state index in [2.05, 4.69) is 14.7 Å². The lowest BCUT2D eigenvalue weighted by Crippen LogP contribution is -2.24. The van der Waals surface area contributed by atoms with E-state index in [1.165, 1.54) is 37.8 Å². The summed E-state index contributed by atoms with van der Waals surface area (Å²) in [5.74, 6) is 0.189. The SMILES string of the molecule is COc1cc(CO)ccc1S(=O)(=O)NCc1cnc[nH]1. The van der Waals surface area contributed by atoms with Gasteiger partial charge in [-0.3, -0.25) is 0 Å². The molecule has 2 aromatic rings. The van der Waals surface area contributed by atoms with Gasteiger partial charge in [-0.1, -0.05) is 6.07 Å². The van der Waals surface area contributed by atoms with Gasteiger partial charge in [0.2, 0.25) is 10.0 Å². The van der Waals surface area contributed by atoms with Crippen LogP contribution in [0.5, 0.6) is 5.75 Å². The predicted octanol–water partition coefficient (Wildman–Crippen LogP) is 0.389. The minimum atomic E-state index is -3.71. The average molecular weight is 297 g/mol. The molecular weight excluding hydrogens is 282 g/mol. The topological polar surface area (TPSA) is 104 Å². The molecule has 0 fully saturated rings. The maximum atomic E-state index is 12.2. The number of H-pyrrole nitrogens is 1. The van der Waals surface area contributed by atoms with Crippen LogP contribution in [-0.4, -0.2) is 30.6 Å². The summed E-state index contributed by atoms with van der Waals surface area (Å²) < 4.78 is 31.9. The van der Waals surface area contributed by atoms with Crippen LogP contribution in [0.1, 0.15) is 11.3 Å². The van der Waals surface area contributed by atoms with Gasteiger partial charge in [-0.05, 0) is 17.7 Å². The van der Waals surface area contributed by atoms with Crippen molar-refractivity contribution >= 4 is 10.0 Å². The number of aromatic amines is 1. The molecule has 1 heterocycles. The van der Waals surface area contributed by atoms with E-state index in [0.29, 0.717) is 11.3 Å². The fourth-order valence-electron chi connectivity index (χ4n) is 1.66. The van der Waals surface area contributed by atoms with Gasteiger partial charge in [0.1, 0.15) is 10.6 Å². The number of aliphatic hydroxyl groups is 1. The Balaban J connectivity index is 2.24. The van der Waals surface area contributed by atoms with Crippen molar-refractivity contribution < 1.29 is 18.3 Å². The van der Waals surface area contributed by atoms with E-state index in [4.69, 9.17) is 9.84 Å². The Kier molecular flexibility index (Phi) is 4.38. The summed E-state index contributed by atoms with van der Waals surface area (Å²) in [5, 5.41) is 9.05. The molecule has 20 heavy (non-hydrogen) atoms. The van der Waals surface area contributed by atoms with Crippen molar-refractivity contribution in [3.8, 4) is 5.75 Å². The summed E-state index contributed by atoms with van der Waals surface area (Å²) in [6.07, 6.45) is 3.01. The number of hydrogen-bond donors (Lipinski definition) is 3. The zero-order valence-corrected chi connectivity index (χ0v) is 11.6. The molecule has 0 unspecified atom stereocenters. The van der Waals surface area contributed by atoms with E-state index in [1.807, 2.05) is 0 Å². The third-order valence-electron chi connectivity index (χ3n) is 2.71. The molecule has 1 aromatic carbocycles. The van der Waals surface area contributed by atoms with Crippen LogP contribution in [0.25, 0.3) is 0 Å². The second-order valence-electron chi connectivity index (χ2n) is 4.04. The lowest BCUT2D eigenvalue weighted by molar-refractivity contribution is 0.280. The molecule has 0 aliphatic carbocycles. The normalized spacial score (nSPS) is 11.5. The van der Waals surface area contributed by atoms with E-state index in [9.17, 15) is 8.42 Å². The highest BCUT2D eigenvalue weighted by Crippen LogP contribution is 2.25. The standard InChI is InChI=1S/C12H15N3O4S/c1-19-11-4-9(7-16)2-3-12(11)20(17,18)15-6-10-5-13-8-14-10/h2-5,8,15-16H,6-7H2,1H3,(H,13,14). The molecule has 0 spiro atoms. The summed E-state index contributed by atoms with van der Waals surface area (Å²) >= 11 is 0. The molecule has 8 heteroatoms. The fourth-order valence-corrected chi connectivity index (χ4v) is 2.82. The number of nitrogens with one attached hydrogen (secondary N) is 2. The van der Waals surface area contributed by atoms with Crippen molar-refractivity contribution in [1.82, 2.24) is 14.7 Å². The molecule has 7 nitrogen and oxygen atoms in total. The van der Waals surface area contributed by atoms with Gasteiger partial charge in [-0.25, -0.2) is 18.1 Å². The first-order valence-corrected chi connectivity index (χ1v) is 7.30. The van der Waals surface area contributed by atoms with E-state index in [0.717, 1.165) is 0 Å². The van der Waals surface area contributed by atoms with Crippen molar-refractivity contribution in [2.75, 3.05) is 7.11 Å². The smallest absolute Gasteiger partial charge is 0.244 e. The molecule has 0 aliphatic rings. The second-order valence-corrected chi connectivity index (χ2v) is 5.78. The molecule has 2 rings (SSSR count). The Morgan fingerprint density at radius 3 is 2.85 bits per heavy atom. The zero-order chi connectivity index (χ0) is 14.6. The Morgan fingerprint density at radius 2 is 2.25 bits per heavy atom. The second kappa shape index (κ2) is 6.04. The molecule has 0 saturated carbocycles. The van der Waals surface area contributed by atoms with E-state index in [-0.39, 0.29) is 23.8 Å². The molecular formula is C12H15N3O4S. The summed E-state index contributed by atoms with van der Waals surface area (Å²) in [6, 6.07) is 4.43. The van der Waals surface area contributed by atoms with Crippen LogP contribution in [0.2, 0.25) is 0 Å². The Hall–Kier alpha value is -1.90. The van der Waals surface area contributed by atoms with Gasteiger partial charge in [0.05, 0.1) is 26.6 Å². The number of aliphatic hydroxyl groups excluding tert-OH is 1. The van der Waals surface area contributed by atoms with E-state index >= 15 is 0 Å². The highest BCUT2D eigenvalue weighted by atomic mass is 32.2. The van der Waals surface area contributed by atoms with Crippen molar-refractivity contribution in [2.45, 2.75) is 18.0 Å². The third-order valence-corrected chi connectivity index (χ3v) is 4.15. The van der Waals surface area contributed by atoms with E-state index in [1.54, 1.807) is 0 Å². The number of rotatable bonds is 6. The summed E-state index contributed by atoms with van der Waals surface area (Å²) in [5.41, 5.74) is 1.23. The quantitative estimate of drug-likeness (QED) is 0.715. The number of aromatic nitrogens is 2. The Bertz CT molecular complexity index is 668. The largest absolute Gasteiger partial charge is 0.495 e. The molecule has 0 radical (unpaired) electrons. The molecule has 108 valence electrons. The molecule has 0 saturated heterocycles. The third kappa shape index (κ3) is 3.16. The van der Waals surface area contributed by atoms with Gasteiger partial charge >= 0.3 is 0 Å². The van der Waals surface area contributed by atoms with Gasteiger partial charge in [-0.15, -0.1) is 0 Å². The highest BCUT2D eigenvalue weighted by Gasteiger charge is 2.19. The van der Waals surface area contributed by atoms with Crippen LogP contribution in [0.3, 0.4) is 0 Å². The Morgan fingerprint density at radius 1 is 1.45 bits per heavy atom. The molecule has 0 aliphatic heterocycles. The predicted molar refractivity (Wildman–Crippen MR) is 71.5 cm³/mol. The molecule has 3 N–H and O–H groups in total. The zero-order valence-electron chi connectivity index (χ0n) is 10.8. The number of sulfonamides is 1. The van der Waals surface area contributed by atoms with Crippen LogP contribution >= 0.6 is 0 Å². The summed E-state index contributed by atoms with van der Waals surface area (Å²) in [6.45, 7) is -0.0779. The van der Waals surface area contributed by atoms with Crippen molar-refractivity contribution in [3.05, 3.63) is 42.0 Å². The van der Waals surface area contributed by atoms with Crippen molar-refractivity contribution in [3.63, 3.8) is 0 Å². The minimum Gasteiger partial charge on any atom is -0.495 e. The minimum absolute atomic E-state index is 0.0247. The van der Waals surface area contributed by atoms with Gasteiger partial charge in [0.15, 0.2) is 0 Å². The van der Waals surface area contributed by atoms with Crippen LogP contribution in [0.15, 0.2) is 35.6 Å². The summed E-state index contributed by atoms with van der Waals surface area (Å²) in [4.78, 5) is 6.64. The first-order chi connectivity index (χ1) is 9.56. The van der Waals surface area contributed by atoms with Crippen molar-refractivity contribution in [2.24, 2.45) is 0 Å². The maximum Gasteiger partial charge on any atom is 0.244 e. The van der Waals surface area contributed by atoms with Crippen LogP contribution in [-0.2, 0) is 23.2 Å². The van der Waals surface area contributed by atoms with Gasteiger partial charge in [0.25, 0.3) is 0 Å². The lowest BCUT2D eigenvalue weighted by atomic mass is 10.2. The van der Waals surface area contributed by atoms with Crippen LogP contribution in [0, 0.1) is 0 Å². The van der Waals surface area contributed by atoms with Crippen molar-refractivity contribution in [1.29, 1.82) is 0 Å². The number of nitrogens with zero attached hydrogens (tertiary/aromatic N) is 1. The number of benzene rings is 1. The first kappa shape index (κ1) is 14.5. The number of ether oxygens (including phenoxy) is 1. The summed E-state index contributed by atoms with van der Waals surface area (Å²) in [7, 11) is -2.33. The maximum absolute atomic E-state index is 12.2. The fraction of sp³-hybridized carbons (Fsp3) is 0.250. The molecule has 1 aromatic heterocycles. The van der Waals surface area contributed by atoms with Crippen LogP contribution < -0.4 is 9.46 Å². The monoisotopic (exact) mass is 297 g/mol. The average Bonchev–Trinajstić information content (AvgIpc) is 2.97. The van der Waals surface area contributed by atoms with E-state index < -0.39 is 10.0 Å². The number of methoxy groups -OCH3 is 1. The molecule has 0 atom stereocenters. The molecule has 0 bridgehead atoms. The number of hydrogen-bond acceptors (Lipinski definition) is 5. The van der Waals surface area contributed by atoms with Gasteiger partial charge < -0.3 is 14.8 Å². The highest BCUT2D eigenvalue weighted by molar-refractivity contribution is 7.89.